The molecule has 2 nitrogen and oxygen atoms in total. The molecule has 29 valence electrons. The molecular formula is C2H5O2Si. The fourth-order valence-corrected chi connectivity index (χ4v) is 0.722. The summed E-state index contributed by atoms with van der Waals surface area (Å²) < 4.78 is 9.61. The molecule has 1 aliphatic rings. The fourth-order valence-electron chi connectivity index (χ4n) is 0.241. The first-order chi connectivity index (χ1) is 2.50. The van der Waals surface area contributed by atoms with Crippen LogP contribution in [0.5, 0.6) is 0 Å². The predicted octanol–water partition coefficient (Wildman–Crippen LogP) is -0.700. The first-order valence-electron chi connectivity index (χ1n) is 1.55. The van der Waals surface area contributed by atoms with Crippen molar-refractivity contribution >= 4 is 10.0 Å². The molecular weight excluding hydrogens is 84.1 g/mol. The zero-order chi connectivity index (χ0) is 3.54. The lowest BCUT2D eigenvalue weighted by molar-refractivity contribution is 0.365. The van der Waals surface area contributed by atoms with Gasteiger partial charge in [0, 0.05) is 0 Å². The summed E-state index contributed by atoms with van der Waals surface area (Å²) in [5.74, 6) is 0. The van der Waals surface area contributed by atoms with E-state index < -0.39 is 0 Å². The summed E-state index contributed by atoms with van der Waals surface area (Å²) >= 11 is 0. The predicted molar refractivity (Wildman–Crippen MR) is 19.1 cm³/mol. The van der Waals surface area contributed by atoms with Gasteiger partial charge in [0.1, 0.15) is 0 Å². The molecule has 0 atom stereocenters. The Morgan fingerprint density at radius 1 is 1.20 bits per heavy atom. The van der Waals surface area contributed by atoms with Gasteiger partial charge in [-0.3, -0.25) is 0 Å². The van der Waals surface area contributed by atoms with Crippen LogP contribution in [0.4, 0.5) is 0 Å². The van der Waals surface area contributed by atoms with Crippen LogP contribution < -0.4 is 0 Å². The minimum absolute atomic E-state index is 0.0741. The molecule has 0 N–H and O–H groups in total. The van der Waals surface area contributed by atoms with E-state index in [1.807, 2.05) is 0 Å². The zero-order valence-electron chi connectivity index (χ0n) is 2.81. The smallest absolute Gasteiger partial charge is 0.364 e. The second-order valence-corrected chi connectivity index (χ2v) is 1.70. The van der Waals surface area contributed by atoms with Crippen LogP contribution in [0.15, 0.2) is 0 Å². The normalized spacial score (nSPS) is 24.0. The van der Waals surface area contributed by atoms with E-state index in [9.17, 15) is 0 Å². The quantitative estimate of drug-likeness (QED) is 0.365. The summed E-state index contributed by atoms with van der Waals surface area (Å²) in [4.78, 5) is 0. The Morgan fingerprint density at radius 3 is 2.00 bits per heavy atom. The molecule has 1 fully saturated rings. The summed E-state index contributed by atoms with van der Waals surface area (Å²) in [7, 11) is -0.0741. The van der Waals surface area contributed by atoms with E-state index in [0.717, 1.165) is 13.2 Å². The molecule has 5 heavy (non-hydrogen) atoms. The molecule has 1 heterocycles. The van der Waals surface area contributed by atoms with Crippen LogP contribution in [0, 0.1) is 0 Å². The SMILES string of the molecule is C1CO[SiH]O1. The van der Waals surface area contributed by atoms with Crippen LogP contribution in [0.1, 0.15) is 0 Å². The molecule has 1 rings (SSSR count). The molecule has 1 saturated heterocycles. The Labute approximate surface area is 33.1 Å². The standard InChI is InChI=1S/C2H5O2Si/c1-2-4-5-3-1/h5H,1-2H2. The van der Waals surface area contributed by atoms with Gasteiger partial charge < -0.3 is 8.85 Å². The molecule has 0 spiro atoms. The molecule has 0 aromatic rings. The van der Waals surface area contributed by atoms with Crippen LogP contribution in [0.25, 0.3) is 0 Å². The van der Waals surface area contributed by atoms with E-state index >= 15 is 0 Å². The van der Waals surface area contributed by atoms with E-state index in [4.69, 9.17) is 8.85 Å². The maximum Gasteiger partial charge on any atom is 0.364 e. The summed E-state index contributed by atoms with van der Waals surface area (Å²) in [6.45, 7) is 1.63. The number of hydrogen-bond acceptors (Lipinski definition) is 2. The van der Waals surface area contributed by atoms with E-state index in [1.54, 1.807) is 0 Å². The average Bonchev–Trinajstić information content (AvgIpc) is 1.76. The first kappa shape index (κ1) is 3.33. The van der Waals surface area contributed by atoms with Crippen molar-refractivity contribution in [1.29, 1.82) is 0 Å². The minimum atomic E-state index is -0.0741. The molecule has 0 saturated carbocycles. The Kier molecular flexibility index (Phi) is 1.03. The Bertz CT molecular complexity index is 19.2. The van der Waals surface area contributed by atoms with Crippen molar-refractivity contribution in [2.75, 3.05) is 13.2 Å². The highest BCUT2D eigenvalue weighted by Gasteiger charge is 1.96. The summed E-state index contributed by atoms with van der Waals surface area (Å²) in [6, 6.07) is 0. The maximum atomic E-state index is 4.81. The van der Waals surface area contributed by atoms with Gasteiger partial charge in [-0.05, 0) is 0 Å². The summed E-state index contributed by atoms with van der Waals surface area (Å²) in [5, 5.41) is 0. The molecule has 3 heteroatoms. The second kappa shape index (κ2) is 1.54. The maximum absolute atomic E-state index is 4.81. The van der Waals surface area contributed by atoms with Crippen LogP contribution in [0.2, 0.25) is 0 Å². The van der Waals surface area contributed by atoms with Crippen molar-refractivity contribution in [1.82, 2.24) is 0 Å². The Morgan fingerprint density at radius 2 is 1.80 bits per heavy atom. The van der Waals surface area contributed by atoms with Gasteiger partial charge in [0.2, 0.25) is 0 Å². The average molecular weight is 89.1 g/mol. The van der Waals surface area contributed by atoms with E-state index in [1.165, 1.54) is 0 Å². The third-order valence-corrected chi connectivity index (χ3v) is 1.20. The molecule has 0 amide bonds. The lowest BCUT2D eigenvalue weighted by Crippen LogP contribution is -1.83. The molecule has 0 aliphatic carbocycles. The van der Waals surface area contributed by atoms with Gasteiger partial charge in [0.25, 0.3) is 0 Å². The highest BCUT2D eigenvalue weighted by atomic mass is 28.3. The van der Waals surface area contributed by atoms with Crippen LogP contribution in [-0.4, -0.2) is 23.2 Å². The van der Waals surface area contributed by atoms with Gasteiger partial charge in [-0.15, -0.1) is 0 Å². The topological polar surface area (TPSA) is 18.5 Å². The second-order valence-electron chi connectivity index (χ2n) is 0.838. The monoisotopic (exact) mass is 89.0 g/mol. The highest BCUT2D eigenvalue weighted by molar-refractivity contribution is 6.18. The highest BCUT2D eigenvalue weighted by Crippen LogP contribution is 1.82. The molecule has 1 radical (unpaired) electrons. The molecule has 0 bridgehead atoms. The van der Waals surface area contributed by atoms with E-state index in [0.29, 0.717) is 0 Å². The van der Waals surface area contributed by atoms with Crippen LogP contribution in [-0.2, 0) is 8.85 Å². The lowest BCUT2D eigenvalue weighted by Gasteiger charge is -1.71. The fraction of sp³-hybridized carbons (Fsp3) is 1.00. The lowest BCUT2D eigenvalue weighted by atomic mass is 10.8. The van der Waals surface area contributed by atoms with Crippen molar-refractivity contribution in [2.45, 2.75) is 0 Å². The van der Waals surface area contributed by atoms with Gasteiger partial charge >= 0.3 is 10.0 Å². The molecule has 0 aromatic carbocycles. The van der Waals surface area contributed by atoms with Crippen molar-refractivity contribution in [3.05, 3.63) is 0 Å². The number of rotatable bonds is 0. The number of hydrogen-bond donors (Lipinski definition) is 0. The molecule has 1 aliphatic heterocycles. The third-order valence-electron chi connectivity index (χ3n) is 0.455. The van der Waals surface area contributed by atoms with Gasteiger partial charge in [-0.25, -0.2) is 0 Å². The Balaban J connectivity index is 2.08. The van der Waals surface area contributed by atoms with E-state index in [-0.39, 0.29) is 10.0 Å². The van der Waals surface area contributed by atoms with Crippen molar-refractivity contribution in [3.63, 3.8) is 0 Å². The summed E-state index contributed by atoms with van der Waals surface area (Å²) in [5.41, 5.74) is 0. The third kappa shape index (κ3) is 0.716. The van der Waals surface area contributed by atoms with Crippen molar-refractivity contribution in [3.8, 4) is 0 Å². The summed E-state index contributed by atoms with van der Waals surface area (Å²) in [6.07, 6.45) is 0. The van der Waals surface area contributed by atoms with Crippen LogP contribution >= 0.6 is 0 Å². The first-order valence-corrected chi connectivity index (χ1v) is 2.49. The van der Waals surface area contributed by atoms with Crippen molar-refractivity contribution < 1.29 is 8.85 Å². The zero-order valence-corrected chi connectivity index (χ0v) is 3.96. The van der Waals surface area contributed by atoms with Gasteiger partial charge in [0.05, 0.1) is 13.2 Å². The van der Waals surface area contributed by atoms with Crippen LogP contribution in [0.3, 0.4) is 0 Å². The molecule has 0 aromatic heterocycles. The van der Waals surface area contributed by atoms with E-state index in [2.05, 4.69) is 0 Å². The minimum Gasteiger partial charge on any atom is -0.393 e. The molecule has 0 unspecified atom stereocenters. The van der Waals surface area contributed by atoms with Crippen molar-refractivity contribution in [2.24, 2.45) is 0 Å². The Hall–Kier alpha value is 0.137. The van der Waals surface area contributed by atoms with Gasteiger partial charge in [-0.2, -0.15) is 0 Å². The largest absolute Gasteiger partial charge is 0.393 e. The van der Waals surface area contributed by atoms with Gasteiger partial charge in [-0.1, -0.05) is 0 Å². The van der Waals surface area contributed by atoms with Gasteiger partial charge in [0.15, 0.2) is 0 Å².